The number of hydrogen-bond donors (Lipinski definition) is 4. The third kappa shape index (κ3) is 3.15. The standard InChI is InChI=1S/C23H18N4O2/c28-22(26-16-5-2-1-3-6-16)14-8-9-20-18(11-14)19(23(29)27-20)12-15-13-25-21-17(15)7-4-10-24-21/h1-13,23,27,29H,(H,24,25)(H,26,28). The van der Waals surface area contributed by atoms with Crippen molar-refractivity contribution in [1.29, 1.82) is 0 Å². The highest BCUT2D eigenvalue weighted by molar-refractivity contribution is 6.07. The molecule has 1 atom stereocenters. The predicted molar refractivity (Wildman–Crippen MR) is 114 cm³/mol. The third-order valence-corrected chi connectivity index (χ3v) is 5.01. The number of carbonyl (C=O) groups is 1. The molecule has 1 aliphatic rings. The van der Waals surface area contributed by atoms with E-state index in [1.54, 1.807) is 18.3 Å². The second-order valence-corrected chi connectivity index (χ2v) is 6.87. The van der Waals surface area contributed by atoms with Gasteiger partial charge in [-0.2, -0.15) is 0 Å². The fourth-order valence-corrected chi connectivity index (χ4v) is 3.57. The summed E-state index contributed by atoms with van der Waals surface area (Å²) in [4.78, 5) is 20.1. The van der Waals surface area contributed by atoms with E-state index in [2.05, 4.69) is 20.6 Å². The van der Waals surface area contributed by atoms with E-state index < -0.39 is 6.23 Å². The predicted octanol–water partition coefficient (Wildman–Crippen LogP) is 4.10. The summed E-state index contributed by atoms with van der Waals surface area (Å²) in [5, 5.41) is 17.5. The van der Waals surface area contributed by atoms with Crippen molar-refractivity contribution >= 4 is 40.0 Å². The van der Waals surface area contributed by atoms with Crippen LogP contribution in [0.5, 0.6) is 0 Å². The second-order valence-electron chi connectivity index (χ2n) is 6.87. The molecule has 6 heteroatoms. The third-order valence-electron chi connectivity index (χ3n) is 5.01. The molecular formula is C23H18N4O2. The highest BCUT2D eigenvalue weighted by Crippen LogP contribution is 2.37. The molecule has 29 heavy (non-hydrogen) atoms. The number of nitrogens with zero attached hydrogens (tertiary/aromatic N) is 1. The van der Waals surface area contributed by atoms with Gasteiger partial charge >= 0.3 is 0 Å². The molecule has 4 aromatic rings. The zero-order valence-electron chi connectivity index (χ0n) is 15.4. The van der Waals surface area contributed by atoms with Crippen molar-refractivity contribution < 1.29 is 9.90 Å². The molecule has 0 spiro atoms. The van der Waals surface area contributed by atoms with Gasteiger partial charge in [-0.1, -0.05) is 18.2 Å². The highest BCUT2D eigenvalue weighted by Gasteiger charge is 2.26. The summed E-state index contributed by atoms with van der Waals surface area (Å²) >= 11 is 0. The number of benzene rings is 2. The number of aliphatic hydroxyl groups is 1. The molecule has 0 saturated heterocycles. The van der Waals surface area contributed by atoms with E-state index in [0.29, 0.717) is 11.1 Å². The summed E-state index contributed by atoms with van der Waals surface area (Å²) in [6, 6.07) is 18.5. The zero-order valence-corrected chi connectivity index (χ0v) is 15.4. The van der Waals surface area contributed by atoms with Crippen LogP contribution in [0.4, 0.5) is 11.4 Å². The van der Waals surface area contributed by atoms with E-state index in [1.165, 1.54) is 0 Å². The Morgan fingerprint density at radius 1 is 1.10 bits per heavy atom. The normalized spacial score (nSPS) is 16.6. The smallest absolute Gasteiger partial charge is 0.255 e. The van der Waals surface area contributed by atoms with Gasteiger partial charge in [0.2, 0.25) is 0 Å². The Hall–Kier alpha value is -3.90. The van der Waals surface area contributed by atoms with Crippen LogP contribution in [0.3, 0.4) is 0 Å². The SMILES string of the molecule is O=C(Nc1ccccc1)c1ccc2c(c1)C(=Cc1c[nH]c3ncccc13)C(O)N2. The molecule has 6 nitrogen and oxygen atoms in total. The highest BCUT2D eigenvalue weighted by atomic mass is 16.3. The first-order chi connectivity index (χ1) is 14.2. The van der Waals surface area contributed by atoms with Crippen molar-refractivity contribution in [2.24, 2.45) is 0 Å². The van der Waals surface area contributed by atoms with E-state index >= 15 is 0 Å². The molecule has 0 aliphatic carbocycles. The molecule has 4 N–H and O–H groups in total. The number of nitrogens with one attached hydrogen (secondary N) is 3. The number of rotatable bonds is 3. The first kappa shape index (κ1) is 17.2. The van der Waals surface area contributed by atoms with E-state index in [4.69, 9.17) is 0 Å². The Balaban J connectivity index is 1.51. The van der Waals surface area contributed by atoms with Gasteiger partial charge in [-0.25, -0.2) is 4.98 Å². The second kappa shape index (κ2) is 6.92. The molecule has 1 unspecified atom stereocenters. The van der Waals surface area contributed by atoms with Crippen LogP contribution in [-0.4, -0.2) is 27.2 Å². The van der Waals surface area contributed by atoms with Gasteiger partial charge in [0, 0.05) is 51.4 Å². The maximum atomic E-state index is 12.7. The lowest BCUT2D eigenvalue weighted by atomic mass is 10.0. The van der Waals surface area contributed by atoms with Gasteiger partial charge in [0.15, 0.2) is 6.23 Å². The molecule has 1 aliphatic heterocycles. The monoisotopic (exact) mass is 382 g/mol. The van der Waals surface area contributed by atoms with Crippen molar-refractivity contribution in [1.82, 2.24) is 9.97 Å². The van der Waals surface area contributed by atoms with Crippen LogP contribution in [-0.2, 0) is 0 Å². The Kier molecular flexibility index (Phi) is 4.11. The van der Waals surface area contributed by atoms with E-state index in [1.807, 2.05) is 60.8 Å². The van der Waals surface area contributed by atoms with Crippen molar-refractivity contribution in [3.05, 3.63) is 89.7 Å². The van der Waals surface area contributed by atoms with E-state index in [0.717, 1.165) is 33.5 Å². The van der Waals surface area contributed by atoms with Gasteiger partial charge in [0.05, 0.1) is 0 Å². The van der Waals surface area contributed by atoms with Crippen LogP contribution < -0.4 is 10.6 Å². The molecule has 0 fully saturated rings. The van der Waals surface area contributed by atoms with E-state index in [9.17, 15) is 9.90 Å². The number of fused-ring (bicyclic) bond motifs is 2. The molecule has 3 heterocycles. The number of aliphatic hydroxyl groups excluding tert-OH is 1. The maximum Gasteiger partial charge on any atom is 0.255 e. The lowest BCUT2D eigenvalue weighted by molar-refractivity contribution is 0.102. The molecule has 0 radical (unpaired) electrons. The minimum absolute atomic E-state index is 0.198. The van der Waals surface area contributed by atoms with Gasteiger partial charge in [-0.15, -0.1) is 0 Å². The molecule has 5 rings (SSSR count). The van der Waals surface area contributed by atoms with Crippen molar-refractivity contribution in [3.63, 3.8) is 0 Å². The number of aromatic nitrogens is 2. The number of pyridine rings is 1. The van der Waals surface area contributed by atoms with Crippen molar-refractivity contribution in [3.8, 4) is 0 Å². The summed E-state index contributed by atoms with van der Waals surface area (Å²) in [5.74, 6) is -0.198. The minimum atomic E-state index is -0.848. The van der Waals surface area contributed by atoms with Gasteiger partial charge in [-0.05, 0) is 48.5 Å². The Morgan fingerprint density at radius 2 is 1.97 bits per heavy atom. The number of amides is 1. The molecule has 2 aromatic heterocycles. The van der Waals surface area contributed by atoms with Crippen LogP contribution in [0.2, 0.25) is 0 Å². The number of aromatic amines is 1. The zero-order chi connectivity index (χ0) is 19.8. The first-order valence-electron chi connectivity index (χ1n) is 9.28. The number of anilines is 2. The lowest BCUT2D eigenvalue weighted by Gasteiger charge is -2.07. The lowest BCUT2D eigenvalue weighted by Crippen LogP contribution is -2.12. The van der Waals surface area contributed by atoms with Crippen LogP contribution >= 0.6 is 0 Å². The summed E-state index contributed by atoms with van der Waals surface area (Å²) in [6.07, 6.45) is 4.66. The molecule has 0 bridgehead atoms. The number of para-hydroxylation sites is 1. The van der Waals surface area contributed by atoms with Crippen LogP contribution in [0.25, 0.3) is 22.7 Å². The summed E-state index contributed by atoms with van der Waals surface area (Å²) < 4.78 is 0. The minimum Gasteiger partial charge on any atom is -0.369 e. The average Bonchev–Trinajstić information content (AvgIpc) is 3.29. The maximum absolute atomic E-state index is 12.7. The largest absolute Gasteiger partial charge is 0.369 e. The quantitative estimate of drug-likeness (QED) is 0.429. The summed E-state index contributed by atoms with van der Waals surface area (Å²) in [7, 11) is 0. The Morgan fingerprint density at radius 3 is 2.83 bits per heavy atom. The van der Waals surface area contributed by atoms with Gasteiger partial charge < -0.3 is 20.7 Å². The van der Waals surface area contributed by atoms with Crippen LogP contribution in [0.15, 0.2) is 73.1 Å². The van der Waals surface area contributed by atoms with Gasteiger partial charge in [0.25, 0.3) is 5.91 Å². The molecule has 1 amide bonds. The molecule has 142 valence electrons. The van der Waals surface area contributed by atoms with Crippen LogP contribution in [0.1, 0.15) is 21.5 Å². The fraction of sp³-hybridized carbons (Fsp3) is 0.0435. The Labute approximate surface area is 166 Å². The van der Waals surface area contributed by atoms with Crippen molar-refractivity contribution in [2.75, 3.05) is 10.6 Å². The number of H-pyrrole nitrogens is 1. The fourth-order valence-electron chi connectivity index (χ4n) is 3.57. The number of carbonyl (C=O) groups excluding carboxylic acids is 1. The topological polar surface area (TPSA) is 90.0 Å². The number of hydrogen-bond acceptors (Lipinski definition) is 4. The van der Waals surface area contributed by atoms with Crippen LogP contribution in [0, 0.1) is 0 Å². The Bertz CT molecular complexity index is 1240. The molecular weight excluding hydrogens is 364 g/mol. The summed E-state index contributed by atoms with van der Waals surface area (Å²) in [5.41, 5.74) is 5.27. The average molecular weight is 382 g/mol. The molecule has 2 aromatic carbocycles. The summed E-state index contributed by atoms with van der Waals surface area (Å²) in [6.45, 7) is 0. The van der Waals surface area contributed by atoms with Gasteiger partial charge in [0.1, 0.15) is 5.65 Å². The van der Waals surface area contributed by atoms with Crippen molar-refractivity contribution in [2.45, 2.75) is 6.23 Å². The first-order valence-corrected chi connectivity index (χ1v) is 9.28. The van der Waals surface area contributed by atoms with Gasteiger partial charge in [-0.3, -0.25) is 4.79 Å². The van der Waals surface area contributed by atoms with E-state index in [-0.39, 0.29) is 5.91 Å². The molecule has 0 saturated carbocycles.